The normalized spacial score (nSPS) is 14.8. The Hall–Kier alpha value is -4.60. The van der Waals surface area contributed by atoms with E-state index in [0.717, 1.165) is 11.4 Å². The van der Waals surface area contributed by atoms with Crippen LogP contribution in [0.4, 0.5) is 16.2 Å². The van der Waals surface area contributed by atoms with Gasteiger partial charge < -0.3 is 52.4 Å². The average molecular weight is 709 g/mol. The highest BCUT2D eigenvalue weighted by molar-refractivity contribution is 5.62. The van der Waals surface area contributed by atoms with E-state index in [-0.39, 0.29) is 33.0 Å². The SMILES string of the molecule is CC.CC.COCC(CN(CC1COC(=O)O1)c1ccc(Oc2ccc(N(CC(COC=O)OC)CC(COC=O)OC)cc2)cc1)OC=O. The number of ether oxygens (including phenoxy) is 9. The molecule has 0 amide bonds. The number of benzene rings is 2. The predicted octanol–water partition coefficient (Wildman–Crippen LogP) is 4.24. The first kappa shape index (κ1) is 43.4. The standard InChI is InChI=1S/C31H40N2O13.2C2H6/c1-38-16-29(44-22-36)14-33(15-30-19-43-31(37)46-30)24-6-10-26(11-7-24)45-25-8-4-23(5-9-25)32(12-27(39-2)17-41-20-34)13-28(40-3)18-42-21-35;2*1-2/h4-11,20-22,27-30H,12-19H2,1-3H3;2*1-2H3. The van der Waals surface area contributed by atoms with E-state index in [4.69, 9.17) is 42.6 Å². The van der Waals surface area contributed by atoms with Crippen LogP contribution >= 0.6 is 0 Å². The predicted molar refractivity (Wildman–Crippen MR) is 185 cm³/mol. The number of carbonyl (C=O) groups is 4. The van der Waals surface area contributed by atoms with Crippen LogP contribution < -0.4 is 14.5 Å². The number of carbonyl (C=O) groups excluding carboxylic acids is 4. The molecule has 15 nitrogen and oxygen atoms in total. The van der Waals surface area contributed by atoms with Crippen LogP contribution in [-0.4, -0.2) is 124 Å². The first-order chi connectivity index (χ1) is 24.4. The molecule has 4 unspecified atom stereocenters. The minimum Gasteiger partial charge on any atom is -0.465 e. The Kier molecular flexibility index (Phi) is 22.8. The molecular weight excluding hydrogens is 656 g/mol. The number of methoxy groups -OCH3 is 3. The van der Waals surface area contributed by atoms with Crippen molar-refractivity contribution in [2.24, 2.45) is 0 Å². The molecule has 1 aliphatic rings. The highest BCUT2D eigenvalue weighted by Crippen LogP contribution is 2.28. The van der Waals surface area contributed by atoms with Gasteiger partial charge in [-0.05, 0) is 48.5 Å². The van der Waals surface area contributed by atoms with Crippen LogP contribution in [0.3, 0.4) is 0 Å². The van der Waals surface area contributed by atoms with Crippen molar-refractivity contribution in [1.82, 2.24) is 0 Å². The lowest BCUT2D eigenvalue weighted by atomic mass is 10.2. The van der Waals surface area contributed by atoms with Gasteiger partial charge in [0.2, 0.25) is 0 Å². The molecule has 0 aromatic heterocycles. The Morgan fingerprint density at radius 1 is 0.700 bits per heavy atom. The molecule has 0 bridgehead atoms. The molecule has 0 saturated carbocycles. The van der Waals surface area contributed by atoms with Gasteiger partial charge in [-0.2, -0.15) is 0 Å². The number of hydrogen-bond donors (Lipinski definition) is 0. The third-order valence-electron chi connectivity index (χ3n) is 6.95. The second-order valence-electron chi connectivity index (χ2n) is 10.1. The number of rotatable bonds is 24. The highest BCUT2D eigenvalue weighted by Gasteiger charge is 2.29. The quantitative estimate of drug-likeness (QED) is 0.0866. The Labute approximate surface area is 294 Å². The average Bonchev–Trinajstić information content (AvgIpc) is 3.57. The van der Waals surface area contributed by atoms with Gasteiger partial charge in [-0.15, -0.1) is 0 Å². The molecule has 0 aliphatic carbocycles. The van der Waals surface area contributed by atoms with Crippen LogP contribution in [0, 0.1) is 0 Å². The van der Waals surface area contributed by atoms with Crippen LogP contribution in [0.25, 0.3) is 0 Å². The lowest BCUT2D eigenvalue weighted by molar-refractivity contribution is -0.135. The summed E-state index contributed by atoms with van der Waals surface area (Å²) in [5.41, 5.74) is 1.58. The smallest absolute Gasteiger partial charge is 0.465 e. The van der Waals surface area contributed by atoms with Crippen molar-refractivity contribution in [3.8, 4) is 11.5 Å². The van der Waals surface area contributed by atoms with Crippen molar-refractivity contribution in [3.63, 3.8) is 0 Å². The lowest BCUT2D eigenvalue weighted by Gasteiger charge is -2.31. The Morgan fingerprint density at radius 2 is 1.18 bits per heavy atom. The van der Waals surface area contributed by atoms with Gasteiger partial charge in [-0.1, -0.05) is 27.7 Å². The number of hydrogen-bond acceptors (Lipinski definition) is 15. The fourth-order valence-corrected chi connectivity index (χ4v) is 4.68. The molecule has 1 fully saturated rings. The lowest BCUT2D eigenvalue weighted by Crippen LogP contribution is -2.42. The van der Waals surface area contributed by atoms with E-state index < -0.39 is 30.6 Å². The van der Waals surface area contributed by atoms with E-state index in [9.17, 15) is 19.2 Å². The summed E-state index contributed by atoms with van der Waals surface area (Å²) in [6, 6.07) is 14.6. The molecule has 3 rings (SSSR count). The molecule has 15 heteroatoms. The molecule has 50 heavy (non-hydrogen) atoms. The number of cyclic esters (lactones) is 2. The van der Waals surface area contributed by atoms with Crippen molar-refractivity contribution in [1.29, 1.82) is 0 Å². The Bertz CT molecular complexity index is 1180. The maximum atomic E-state index is 11.5. The van der Waals surface area contributed by atoms with Crippen molar-refractivity contribution in [3.05, 3.63) is 48.5 Å². The van der Waals surface area contributed by atoms with Gasteiger partial charge in [0.25, 0.3) is 19.4 Å². The topological polar surface area (TPSA) is 158 Å². The second-order valence-corrected chi connectivity index (χ2v) is 10.1. The van der Waals surface area contributed by atoms with Gasteiger partial charge in [0.05, 0.1) is 19.7 Å². The van der Waals surface area contributed by atoms with Crippen molar-refractivity contribution >= 4 is 36.9 Å². The van der Waals surface area contributed by atoms with Crippen molar-refractivity contribution < 1.29 is 61.8 Å². The third kappa shape index (κ3) is 15.7. The number of anilines is 2. The fourth-order valence-electron chi connectivity index (χ4n) is 4.68. The maximum Gasteiger partial charge on any atom is 0.508 e. The summed E-state index contributed by atoms with van der Waals surface area (Å²) in [4.78, 5) is 47.8. The Morgan fingerprint density at radius 3 is 1.58 bits per heavy atom. The molecule has 0 radical (unpaired) electrons. The third-order valence-corrected chi connectivity index (χ3v) is 6.95. The van der Waals surface area contributed by atoms with Crippen molar-refractivity contribution in [2.45, 2.75) is 52.1 Å². The molecule has 1 heterocycles. The molecule has 0 N–H and O–H groups in total. The van der Waals surface area contributed by atoms with Gasteiger partial charge in [-0.25, -0.2) is 4.79 Å². The molecular formula is C35H52N2O13. The van der Waals surface area contributed by atoms with Gasteiger partial charge in [0, 0.05) is 45.8 Å². The van der Waals surface area contributed by atoms with Gasteiger partial charge >= 0.3 is 6.16 Å². The molecule has 1 aliphatic heterocycles. The number of nitrogens with zero attached hydrogens (tertiary/aromatic N) is 2. The minimum atomic E-state index is -0.726. The monoisotopic (exact) mass is 708 g/mol. The molecule has 0 spiro atoms. The zero-order valence-electron chi connectivity index (χ0n) is 30.0. The van der Waals surface area contributed by atoms with Crippen LogP contribution in [0.5, 0.6) is 11.5 Å². The first-order valence-corrected chi connectivity index (χ1v) is 16.4. The summed E-state index contributed by atoms with van der Waals surface area (Å²) in [5.74, 6) is 1.14. The van der Waals surface area contributed by atoms with Crippen LogP contribution in [0.2, 0.25) is 0 Å². The summed E-state index contributed by atoms with van der Waals surface area (Å²) in [7, 11) is 4.56. The minimum absolute atomic E-state index is 0.0599. The van der Waals surface area contributed by atoms with Gasteiger partial charge in [-0.3, -0.25) is 14.4 Å². The Balaban J connectivity index is 0.00000301. The van der Waals surface area contributed by atoms with E-state index >= 15 is 0 Å². The highest BCUT2D eigenvalue weighted by atomic mass is 16.8. The molecule has 280 valence electrons. The summed E-state index contributed by atoms with van der Waals surface area (Å²) in [6.45, 7) is 10.8. The summed E-state index contributed by atoms with van der Waals surface area (Å²) in [6.07, 6.45) is -2.62. The van der Waals surface area contributed by atoms with E-state index in [1.807, 2.05) is 61.8 Å². The zero-order chi connectivity index (χ0) is 37.1. The molecule has 2 aromatic rings. The van der Waals surface area contributed by atoms with Crippen molar-refractivity contribution in [2.75, 3.05) is 83.7 Å². The second kappa shape index (κ2) is 26.3. The largest absolute Gasteiger partial charge is 0.508 e. The van der Waals surface area contributed by atoms with E-state index in [1.165, 1.54) is 21.3 Å². The molecule has 4 atom stereocenters. The summed E-state index contributed by atoms with van der Waals surface area (Å²) >= 11 is 0. The maximum absolute atomic E-state index is 11.5. The fraction of sp³-hybridized carbons (Fsp3) is 0.543. The van der Waals surface area contributed by atoms with E-state index in [1.54, 1.807) is 24.3 Å². The van der Waals surface area contributed by atoms with Crippen LogP contribution in [-0.2, 0) is 52.3 Å². The van der Waals surface area contributed by atoms with Gasteiger partial charge in [0.1, 0.15) is 49.6 Å². The van der Waals surface area contributed by atoms with Crippen LogP contribution in [0.1, 0.15) is 27.7 Å². The van der Waals surface area contributed by atoms with E-state index in [0.29, 0.717) is 50.5 Å². The van der Waals surface area contributed by atoms with Crippen LogP contribution in [0.15, 0.2) is 48.5 Å². The van der Waals surface area contributed by atoms with Gasteiger partial charge in [0.15, 0.2) is 6.10 Å². The van der Waals surface area contributed by atoms with E-state index in [2.05, 4.69) is 0 Å². The summed E-state index contributed by atoms with van der Waals surface area (Å²) in [5, 5.41) is 0. The first-order valence-electron chi connectivity index (χ1n) is 16.4. The zero-order valence-corrected chi connectivity index (χ0v) is 30.0. The molecule has 1 saturated heterocycles. The summed E-state index contributed by atoms with van der Waals surface area (Å²) < 4.78 is 47.3. The molecule has 2 aromatic carbocycles.